The Morgan fingerprint density at radius 3 is 2.57 bits per heavy atom. The molecule has 0 aliphatic rings. The van der Waals surface area contributed by atoms with E-state index in [1.54, 1.807) is 0 Å². The number of esters is 1. The van der Waals surface area contributed by atoms with Gasteiger partial charge in [0.25, 0.3) is 0 Å². The highest BCUT2D eigenvalue weighted by Crippen LogP contribution is 2.34. The average Bonchev–Trinajstić information content (AvgIpc) is 2.51. The van der Waals surface area contributed by atoms with Crippen molar-refractivity contribution in [1.29, 1.82) is 0 Å². The van der Waals surface area contributed by atoms with E-state index in [2.05, 4.69) is 27.6 Å². The molecular formula is C17H19BINO3. The van der Waals surface area contributed by atoms with E-state index < -0.39 is 17.7 Å². The minimum Gasteiger partial charge on any atom is -0.467 e. The molecule has 0 amide bonds. The first-order chi connectivity index (χ1) is 10.8. The molecule has 4 nitrogen and oxygen atoms in total. The van der Waals surface area contributed by atoms with Gasteiger partial charge in [-0.15, -0.1) is 0 Å². The molecule has 2 rings (SSSR count). The first-order valence-corrected chi connectivity index (χ1v) is 8.39. The number of fused-ring (bicyclic) bond motifs is 1. The second-order valence-electron chi connectivity index (χ2n) is 6.14. The molecule has 1 heterocycles. The van der Waals surface area contributed by atoms with Crippen molar-refractivity contribution in [1.82, 2.24) is 4.98 Å². The van der Waals surface area contributed by atoms with Crippen molar-refractivity contribution in [3.63, 3.8) is 0 Å². The molecule has 0 aliphatic carbocycles. The molecule has 1 aromatic carbocycles. The van der Waals surface area contributed by atoms with Gasteiger partial charge in [0.15, 0.2) is 6.10 Å². The first-order valence-electron chi connectivity index (χ1n) is 7.31. The second-order valence-corrected chi connectivity index (χ2v) is 7.22. The molecule has 0 saturated carbocycles. The zero-order chi connectivity index (χ0) is 17.2. The van der Waals surface area contributed by atoms with Gasteiger partial charge in [0.1, 0.15) is 0 Å². The zero-order valence-corrected chi connectivity index (χ0v) is 15.9. The van der Waals surface area contributed by atoms with Crippen LogP contribution in [0.3, 0.4) is 0 Å². The molecule has 2 radical (unpaired) electrons. The Labute approximate surface area is 151 Å². The van der Waals surface area contributed by atoms with Crippen LogP contribution >= 0.6 is 22.6 Å². The molecule has 0 unspecified atom stereocenters. The highest BCUT2D eigenvalue weighted by atomic mass is 127. The van der Waals surface area contributed by atoms with Crippen LogP contribution in [-0.2, 0) is 20.6 Å². The summed E-state index contributed by atoms with van der Waals surface area (Å²) in [4.78, 5) is 16.9. The third kappa shape index (κ3) is 4.04. The van der Waals surface area contributed by atoms with Gasteiger partial charge >= 0.3 is 5.97 Å². The number of benzene rings is 1. The van der Waals surface area contributed by atoms with E-state index in [4.69, 9.17) is 17.3 Å². The molecule has 0 N–H and O–H groups in total. The Hall–Kier alpha value is -1.15. The summed E-state index contributed by atoms with van der Waals surface area (Å²) in [6.07, 6.45) is -0.639. The van der Waals surface area contributed by atoms with Crippen LogP contribution in [0.5, 0.6) is 0 Å². The van der Waals surface area contributed by atoms with E-state index in [1.807, 2.05) is 45.0 Å². The summed E-state index contributed by atoms with van der Waals surface area (Å²) in [5.41, 5.74) is 1.67. The summed E-state index contributed by atoms with van der Waals surface area (Å²) in [6, 6.07) is 7.77. The Morgan fingerprint density at radius 1 is 1.35 bits per heavy atom. The van der Waals surface area contributed by atoms with Crippen molar-refractivity contribution in [2.24, 2.45) is 0 Å². The Balaban J connectivity index is 2.70. The van der Waals surface area contributed by atoms with Gasteiger partial charge in [-0.1, -0.05) is 18.2 Å². The van der Waals surface area contributed by atoms with Crippen molar-refractivity contribution < 1.29 is 14.3 Å². The van der Waals surface area contributed by atoms with Crippen molar-refractivity contribution in [2.75, 3.05) is 7.11 Å². The number of para-hydroxylation sites is 1. The minimum absolute atomic E-state index is 0.219. The van der Waals surface area contributed by atoms with E-state index in [0.29, 0.717) is 11.3 Å². The third-order valence-electron chi connectivity index (χ3n) is 3.29. The van der Waals surface area contributed by atoms with Crippen LogP contribution < -0.4 is 0 Å². The maximum Gasteiger partial charge on any atom is 0.339 e. The van der Waals surface area contributed by atoms with Crippen LogP contribution in [0.1, 0.15) is 38.1 Å². The molecule has 0 aliphatic heterocycles. The average molecular weight is 423 g/mol. The lowest BCUT2D eigenvalue weighted by atomic mass is 9.93. The largest absolute Gasteiger partial charge is 0.467 e. The molecule has 0 saturated heterocycles. The number of pyridine rings is 1. The number of ether oxygens (including phenoxy) is 2. The van der Waals surface area contributed by atoms with Gasteiger partial charge in [-0.05, 0) is 55.7 Å². The van der Waals surface area contributed by atoms with E-state index >= 15 is 0 Å². The molecule has 0 fully saturated rings. The van der Waals surface area contributed by atoms with E-state index in [1.165, 1.54) is 7.11 Å². The van der Waals surface area contributed by atoms with Gasteiger partial charge in [-0.25, -0.2) is 4.79 Å². The highest BCUT2D eigenvalue weighted by molar-refractivity contribution is 14.1. The standard InChI is InChI=1S/C17H19BINO3/c1-17(2,3)23-15(16(21)22-4)13-12(9-18)20-11-8-6-5-7-10(11)14(13)19/h5-8,15H,9H2,1-4H3/t15-/m0/s1. The fraction of sp³-hybridized carbons (Fsp3) is 0.412. The fourth-order valence-corrected chi connectivity index (χ4v) is 3.39. The summed E-state index contributed by atoms with van der Waals surface area (Å²) in [7, 11) is 7.23. The number of hydrogen-bond donors (Lipinski definition) is 0. The van der Waals surface area contributed by atoms with Crippen LogP contribution in [0.2, 0.25) is 0 Å². The lowest BCUT2D eigenvalue weighted by Gasteiger charge is -2.28. The Bertz CT molecular complexity index is 728. The predicted octanol–water partition coefficient (Wildman–Crippen LogP) is 3.54. The van der Waals surface area contributed by atoms with E-state index in [0.717, 1.165) is 14.5 Å². The quantitative estimate of drug-likeness (QED) is 0.429. The van der Waals surface area contributed by atoms with Gasteiger partial charge in [-0.3, -0.25) is 4.98 Å². The molecule has 23 heavy (non-hydrogen) atoms. The number of methoxy groups -OCH3 is 1. The smallest absolute Gasteiger partial charge is 0.339 e. The number of halogens is 1. The van der Waals surface area contributed by atoms with E-state index in [-0.39, 0.29) is 6.32 Å². The number of carbonyl (C=O) groups is 1. The number of rotatable bonds is 4. The Kier molecular flexibility index (Phi) is 5.68. The van der Waals surface area contributed by atoms with Crippen molar-refractivity contribution in [3.05, 3.63) is 39.1 Å². The van der Waals surface area contributed by atoms with Gasteiger partial charge in [0, 0.05) is 20.2 Å². The van der Waals surface area contributed by atoms with E-state index in [9.17, 15) is 4.79 Å². The SMILES string of the molecule is [B]Cc1nc2ccccc2c(I)c1[C@H](OC(C)(C)C)C(=O)OC. The monoisotopic (exact) mass is 423 g/mol. The number of nitrogens with zero attached hydrogens (tertiary/aromatic N) is 1. The van der Waals surface area contributed by atoms with Gasteiger partial charge in [-0.2, -0.15) is 0 Å². The topological polar surface area (TPSA) is 48.4 Å². The predicted molar refractivity (Wildman–Crippen MR) is 99.5 cm³/mol. The van der Waals surface area contributed by atoms with Crippen molar-refractivity contribution >= 4 is 47.3 Å². The molecule has 6 heteroatoms. The number of carbonyl (C=O) groups excluding carboxylic acids is 1. The number of hydrogen-bond acceptors (Lipinski definition) is 4. The lowest BCUT2D eigenvalue weighted by molar-refractivity contribution is -0.164. The zero-order valence-electron chi connectivity index (χ0n) is 13.7. The Morgan fingerprint density at radius 2 is 2.00 bits per heavy atom. The first kappa shape index (κ1) is 18.2. The van der Waals surface area contributed by atoms with Gasteiger partial charge in [0.2, 0.25) is 0 Å². The summed E-state index contributed by atoms with van der Waals surface area (Å²) >= 11 is 2.22. The molecule has 120 valence electrons. The molecule has 1 atom stereocenters. The van der Waals surface area contributed by atoms with Crippen LogP contribution in [0.15, 0.2) is 24.3 Å². The normalized spacial score (nSPS) is 13.1. The van der Waals surface area contributed by atoms with Crippen molar-refractivity contribution in [3.8, 4) is 0 Å². The third-order valence-corrected chi connectivity index (χ3v) is 4.45. The molecule has 0 spiro atoms. The second kappa shape index (κ2) is 7.17. The highest BCUT2D eigenvalue weighted by Gasteiger charge is 2.32. The molecule has 1 aromatic heterocycles. The number of aromatic nitrogens is 1. The summed E-state index contributed by atoms with van der Waals surface area (Å²) in [5, 5.41) is 0.965. The molecule has 2 aromatic rings. The van der Waals surface area contributed by atoms with Crippen LogP contribution in [-0.4, -0.2) is 31.5 Å². The van der Waals surface area contributed by atoms with Crippen LogP contribution in [0.4, 0.5) is 0 Å². The summed E-state index contributed by atoms with van der Waals surface area (Å²) < 4.78 is 11.8. The van der Waals surface area contributed by atoms with Crippen molar-refractivity contribution in [2.45, 2.75) is 38.8 Å². The minimum atomic E-state index is -0.859. The van der Waals surface area contributed by atoms with Crippen LogP contribution in [0.25, 0.3) is 10.9 Å². The maximum atomic E-state index is 12.3. The van der Waals surface area contributed by atoms with Gasteiger partial charge in [0.05, 0.1) is 26.1 Å². The maximum absolute atomic E-state index is 12.3. The molecular weight excluding hydrogens is 404 g/mol. The summed E-state index contributed by atoms with van der Waals surface area (Å²) in [6.45, 7) is 5.69. The van der Waals surface area contributed by atoms with Gasteiger partial charge < -0.3 is 9.47 Å². The fourth-order valence-electron chi connectivity index (χ4n) is 2.34. The summed E-state index contributed by atoms with van der Waals surface area (Å²) in [5.74, 6) is -0.454. The lowest BCUT2D eigenvalue weighted by Crippen LogP contribution is -2.29. The molecule has 0 bridgehead atoms. The van der Waals surface area contributed by atoms with Crippen LogP contribution in [0, 0.1) is 3.57 Å².